The van der Waals surface area contributed by atoms with E-state index in [4.69, 9.17) is 4.74 Å². The number of hydrogen-bond acceptors (Lipinski definition) is 6. The smallest absolute Gasteiger partial charge is 0.317 e. The summed E-state index contributed by atoms with van der Waals surface area (Å²) >= 11 is 0. The predicted octanol–water partition coefficient (Wildman–Crippen LogP) is 1.94. The van der Waals surface area contributed by atoms with Gasteiger partial charge >= 0.3 is 6.03 Å². The third kappa shape index (κ3) is 4.28. The van der Waals surface area contributed by atoms with Crippen LogP contribution in [0, 0.1) is 0 Å². The largest absolute Gasteiger partial charge is 0.492 e. The third-order valence-corrected chi connectivity index (χ3v) is 4.62. The first-order valence-electron chi connectivity index (χ1n) is 9.32. The van der Waals surface area contributed by atoms with E-state index in [-0.39, 0.29) is 6.03 Å². The molecule has 2 aromatic heterocycles. The lowest BCUT2D eigenvalue weighted by molar-refractivity contribution is 0.191. The summed E-state index contributed by atoms with van der Waals surface area (Å²) in [5.41, 5.74) is 0.934. The predicted molar refractivity (Wildman–Crippen MR) is 106 cm³/mol. The molecule has 1 aliphatic rings. The van der Waals surface area contributed by atoms with E-state index >= 15 is 0 Å². The van der Waals surface area contributed by atoms with Crippen molar-refractivity contribution in [1.29, 1.82) is 0 Å². The molecule has 0 radical (unpaired) electrons. The van der Waals surface area contributed by atoms with Gasteiger partial charge in [0.25, 0.3) is 0 Å². The minimum atomic E-state index is -0.0695. The number of hydrogen-bond donors (Lipinski definition) is 1. The van der Waals surface area contributed by atoms with E-state index in [0.29, 0.717) is 32.2 Å². The van der Waals surface area contributed by atoms with Crippen LogP contribution < -0.4 is 15.0 Å². The van der Waals surface area contributed by atoms with Crippen LogP contribution in [0.3, 0.4) is 0 Å². The van der Waals surface area contributed by atoms with Crippen LogP contribution in [0.1, 0.15) is 0 Å². The number of urea groups is 1. The number of ether oxygens (including phenoxy) is 1. The van der Waals surface area contributed by atoms with Crippen molar-refractivity contribution in [1.82, 2.24) is 25.2 Å². The average Bonchev–Trinajstić information content (AvgIpc) is 2.77. The molecule has 144 valence electrons. The fraction of sp³-hybridized carbons (Fsp3) is 0.300. The molecule has 28 heavy (non-hydrogen) atoms. The van der Waals surface area contributed by atoms with Crippen molar-refractivity contribution in [3.63, 3.8) is 0 Å². The zero-order valence-electron chi connectivity index (χ0n) is 15.5. The second-order valence-electron chi connectivity index (χ2n) is 6.46. The molecule has 3 aromatic rings. The Balaban J connectivity index is 1.19. The molecule has 3 heterocycles. The number of amides is 2. The van der Waals surface area contributed by atoms with Gasteiger partial charge in [-0.25, -0.2) is 14.8 Å². The lowest BCUT2D eigenvalue weighted by Crippen LogP contribution is -2.52. The molecule has 4 rings (SSSR count). The molecule has 0 aliphatic carbocycles. The van der Waals surface area contributed by atoms with Gasteiger partial charge < -0.3 is 19.9 Å². The Kier molecular flexibility index (Phi) is 5.46. The maximum absolute atomic E-state index is 12.3. The number of pyridine rings is 1. The van der Waals surface area contributed by atoms with Crippen LogP contribution in [0.4, 0.5) is 10.7 Å². The number of anilines is 1. The van der Waals surface area contributed by atoms with Gasteiger partial charge in [-0.1, -0.05) is 6.07 Å². The number of benzene rings is 1. The number of fused-ring (bicyclic) bond motifs is 1. The van der Waals surface area contributed by atoms with Crippen molar-refractivity contribution in [3.8, 4) is 5.75 Å². The van der Waals surface area contributed by atoms with Crippen molar-refractivity contribution in [3.05, 3.63) is 55.0 Å². The fourth-order valence-corrected chi connectivity index (χ4v) is 3.15. The van der Waals surface area contributed by atoms with Gasteiger partial charge in [-0.2, -0.15) is 0 Å². The monoisotopic (exact) mass is 378 g/mol. The van der Waals surface area contributed by atoms with Gasteiger partial charge in [0.15, 0.2) is 0 Å². The van der Waals surface area contributed by atoms with Crippen LogP contribution in [0.15, 0.2) is 55.0 Å². The van der Waals surface area contributed by atoms with E-state index in [1.807, 2.05) is 30.3 Å². The quantitative estimate of drug-likeness (QED) is 0.683. The maximum Gasteiger partial charge on any atom is 0.317 e. The summed E-state index contributed by atoms with van der Waals surface area (Å²) in [5.74, 6) is 1.48. The molecule has 2 amide bonds. The Morgan fingerprint density at radius 2 is 1.79 bits per heavy atom. The van der Waals surface area contributed by atoms with Crippen molar-refractivity contribution in [2.75, 3.05) is 44.2 Å². The molecule has 1 saturated heterocycles. The minimum Gasteiger partial charge on any atom is -0.492 e. The Morgan fingerprint density at radius 3 is 2.61 bits per heavy atom. The summed E-state index contributed by atoms with van der Waals surface area (Å²) in [6, 6.07) is 11.4. The van der Waals surface area contributed by atoms with Crippen LogP contribution >= 0.6 is 0 Å². The lowest BCUT2D eigenvalue weighted by Gasteiger charge is -2.34. The van der Waals surface area contributed by atoms with Crippen LogP contribution in [-0.4, -0.2) is 65.2 Å². The molecular formula is C20H22N6O2. The second-order valence-corrected chi connectivity index (χ2v) is 6.46. The molecule has 1 aliphatic heterocycles. The number of rotatable bonds is 5. The molecule has 0 unspecified atom stereocenters. The number of piperazine rings is 1. The van der Waals surface area contributed by atoms with Crippen molar-refractivity contribution in [2.24, 2.45) is 0 Å². The van der Waals surface area contributed by atoms with E-state index in [1.165, 1.54) is 0 Å². The first-order valence-corrected chi connectivity index (χ1v) is 9.32. The van der Waals surface area contributed by atoms with E-state index in [9.17, 15) is 4.79 Å². The molecule has 1 aromatic carbocycles. The normalized spacial score (nSPS) is 14.1. The number of carbonyl (C=O) groups excluding carboxylic acids is 1. The molecule has 1 N–H and O–H groups in total. The zero-order valence-corrected chi connectivity index (χ0v) is 15.5. The number of carbonyl (C=O) groups is 1. The first-order chi connectivity index (χ1) is 13.8. The number of nitrogens with one attached hydrogen (secondary N) is 1. The highest BCUT2D eigenvalue weighted by molar-refractivity contribution is 5.79. The summed E-state index contributed by atoms with van der Waals surface area (Å²) < 4.78 is 5.74. The van der Waals surface area contributed by atoms with E-state index in [0.717, 1.165) is 29.7 Å². The molecule has 8 nitrogen and oxygen atoms in total. The van der Waals surface area contributed by atoms with Crippen LogP contribution in [0.25, 0.3) is 10.9 Å². The number of aromatic nitrogens is 3. The van der Waals surface area contributed by atoms with Gasteiger partial charge in [-0.15, -0.1) is 0 Å². The Hall–Kier alpha value is -3.42. The highest BCUT2D eigenvalue weighted by Gasteiger charge is 2.22. The van der Waals surface area contributed by atoms with Gasteiger partial charge in [0.1, 0.15) is 12.4 Å². The van der Waals surface area contributed by atoms with Crippen LogP contribution in [-0.2, 0) is 0 Å². The van der Waals surface area contributed by atoms with E-state index in [2.05, 4.69) is 25.2 Å². The van der Waals surface area contributed by atoms with Crippen LogP contribution in [0.2, 0.25) is 0 Å². The average molecular weight is 378 g/mol. The fourth-order valence-electron chi connectivity index (χ4n) is 3.15. The zero-order chi connectivity index (χ0) is 19.2. The molecule has 1 fully saturated rings. The van der Waals surface area contributed by atoms with Crippen molar-refractivity contribution < 1.29 is 9.53 Å². The van der Waals surface area contributed by atoms with Crippen molar-refractivity contribution >= 4 is 22.9 Å². The highest BCUT2D eigenvalue weighted by Crippen LogP contribution is 2.18. The maximum atomic E-state index is 12.3. The highest BCUT2D eigenvalue weighted by atomic mass is 16.5. The molecular weight excluding hydrogens is 356 g/mol. The summed E-state index contributed by atoms with van der Waals surface area (Å²) in [6.07, 6.45) is 5.23. The van der Waals surface area contributed by atoms with E-state index < -0.39 is 0 Å². The van der Waals surface area contributed by atoms with Gasteiger partial charge in [0.05, 0.1) is 12.1 Å². The summed E-state index contributed by atoms with van der Waals surface area (Å²) in [5, 5.41) is 3.95. The molecule has 0 atom stereocenters. The van der Waals surface area contributed by atoms with Gasteiger partial charge in [0, 0.05) is 50.2 Å². The van der Waals surface area contributed by atoms with Gasteiger partial charge in [-0.05, 0) is 30.3 Å². The Morgan fingerprint density at radius 1 is 1.00 bits per heavy atom. The Labute approximate surface area is 163 Å². The summed E-state index contributed by atoms with van der Waals surface area (Å²) in [6.45, 7) is 3.59. The van der Waals surface area contributed by atoms with Gasteiger partial charge in [0.2, 0.25) is 5.95 Å². The third-order valence-electron chi connectivity index (χ3n) is 4.62. The van der Waals surface area contributed by atoms with Crippen molar-refractivity contribution in [2.45, 2.75) is 0 Å². The lowest BCUT2D eigenvalue weighted by atomic mass is 10.2. The summed E-state index contributed by atoms with van der Waals surface area (Å²) in [7, 11) is 0. The number of nitrogens with zero attached hydrogens (tertiary/aromatic N) is 5. The minimum absolute atomic E-state index is 0.0695. The molecule has 8 heteroatoms. The molecule has 0 saturated carbocycles. The molecule has 0 spiro atoms. The van der Waals surface area contributed by atoms with E-state index in [1.54, 1.807) is 29.6 Å². The Bertz CT molecular complexity index is 928. The molecule has 0 bridgehead atoms. The topological polar surface area (TPSA) is 83.5 Å². The SMILES string of the molecule is O=C(NCCOc1ccc2ncccc2c1)N1CCN(c2ncccn2)CC1. The summed E-state index contributed by atoms with van der Waals surface area (Å²) in [4.78, 5) is 29.0. The van der Waals surface area contributed by atoms with Crippen LogP contribution in [0.5, 0.6) is 5.75 Å². The second kappa shape index (κ2) is 8.51. The van der Waals surface area contributed by atoms with Gasteiger partial charge in [-0.3, -0.25) is 4.98 Å². The first kappa shape index (κ1) is 18.0. The standard InChI is InChI=1S/C20H22N6O2/c27-20(26-12-10-25(11-13-26)19-22-7-2-8-23-19)24-9-14-28-17-4-5-18-16(15-17)3-1-6-21-18/h1-8,15H,9-14H2,(H,24,27).